The quantitative estimate of drug-likeness (QED) is 0.458. The molecule has 22 heavy (non-hydrogen) atoms. The molecule has 0 atom stereocenters. The highest BCUT2D eigenvalue weighted by molar-refractivity contribution is 5.50. The Morgan fingerprint density at radius 2 is 1.32 bits per heavy atom. The van der Waals surface area contributed by atoms with Gasteiger partial charge in [0.15, 0.2) is 0 Å². The highest BCUT2D eigenvalue weighted by Gasteiger charge is 2.18. The topological polar surface area (TPSA) is 9.23 Å². The van der Waals surface area contributed by atoms with Crippen molar-refractivity contribution in [1.29, 1.82) is 0 Å². The Morgan fingerprint density at radius 1 is 0.727 bits per heavy atom. The second-order valence-corrected chi connectivity index (χ2v) is 6.02. The van der Waals surface area contributed by atoms with Gasteiger partial charge in [-0.3, -0.25) is 0 Å². The van der Waals surface area contributed by atoms with E-state index < -0.39 is 0 Å². The van der Waals surface area contributed by atoms with Crippen LogP contribution in [0.25, 0.3) is 0 Å². The molecule has 1 aromatic rings. The van der Waals surface area contributed by atoms with E-state index in [0.29, 0.717) is 0 Å². The van der Waals surface area contributed by atoms with E-state index in [-0.39, 0.29) is 0 Å². The first-order chi connectivity index (χ1) is 10.9. The lowest BCUT2D eigenvalue weighted by molar-refractivity contribution is 0.304. The van der Waals surface area contributed by atoms with Crippen molar-refractivity contribution in [3.05, 3.63) is 61.4 Å². The Morgan fingerprint density at radius 3 is 1.95 bits per heavy atom. The van der Waals surface area contributed by atoms with Crippen molar-refractivity contribution in [3.63, 3.8) is 0 Å². The first kappa shape index (κ1) is 17.4. The molecule has 2 rings (SSSR count). The summed E-state index contributed by atoms with van der Waals surface area (Å²) in [6.45, 7) is 3.11. The van der Waals surface area contributed by atoms with Crippen LogP contribution in [-0.2, 0) is 0 Å². The molecule has 0 unspecified atom stereocenters. The van der Waals surface area contributed by atoms with Gasteiger partial charge in [-0.15, -0.1) is 0 Å². The van der Waals surface area contributed by atoms with E-state index in [1.165, 1.54) is 62.8 Å². The van der Waals surface area contributed by atoms with E-state index in [1.54, 1.807) is 0 Å². The van der Waals surface area contributed by atoms with Crippen molar-refractivity contribution >= 4 is 0 Å². The monoisotopic (exact) mass is 297 g/mol. The molecule has 1 heteroatoms. The van der Waals surface area contributed by atoms with Crippen LogP contribution in [0.1, 0.15) is 63.9 Å². The number of unbranched alkanes of at least 4 members (excludes halogenated alkanes) is 7. The fourth-order valence-electron chi connectivity index (χ4n) is 2.74. The summed E-state index contributed by atoms with van der Waals surface area (Å²) in [5.41, 5.74) is 1.25. The van der Waals surface area contributed by atoms with Crippen molar-refractivity contribution in [2.24, 2.45) is 0 Å². The SMILES string of the molecule is CCCCCCCCCCOc1ccc([C]2[CH][CH][CH][CH]2)cc1. The van der Waals surface area contributed by atoms with Crippen LogP contribution < -0.4 is 4.74 Å². The zero-order valence-electron chi connectivity index (χ0n) is 13.9. The first-order valence-corrected chi connectivity index (χ1v) is 8.85. The van der Waals surface area contributed by atoms with Gasteiger partial charge in [0, 0.05) is 5.92 Å². The third-order valence-corrected chi connectivity index (χ3v) is 4.12. The molecule has 0 aromatic heterocycles. The molecule has 0 bridgehead atoms. The Kier molecular flexibility index (Phi) is 8.45. The third-order valence-electron chi connectivity index (χ3n) is 4.12. The van der Waals surface area contributed by atoms with Crippen molar-refractivity contribution in [3.8, 4) is 5.75 Å². The van der Waals surface area contributed by atoms with Crippen LogP contribution in [-0.4, -0.2) is 6.61 Å². The van der Waals surface area contributed by atoms with E-state index >= 15 is 0 Å². The van der Waals surface area contributed by atoms with Crippen LogP contribution in [0.5, 0.6) is 5.75 Å². The van der Waals surface area contributed by atoms with Crippen LogP contribution in [0.3, 0.4) is 0 Å². The zero-order valence-corrected chi connectivity index (χ0v) is 13.9. The van der Waals surface area contributed by atoms with Gasteiger partial charge in [0.05, 0.1) is 6.61 Å². The summed E-state index contributed by atoms with van der Waals surface area (Å²) in [6, 6.07) is 8.43. The van der Waals surface area contributed by atoms with Gasteiger partial charge < -0.3 is 4.74 Å². The molecule has 1 aliphatic carbocycles. The predicted molar refractivity (Wildman–Crippen MR) is 94.1 cm³/mol. The number of rotatable bonds is 11. The maximum absolute atomic E-state index is 5.82. The number of ether oxygens (including phenoxy) is 1. The van der Waals surface area contributed by atoms with Crippen LogP contribution in [0, 0.1) is 31.6 Å². The van der Waals surface area contributed by atoms with E-state index in [4.69, 9.17) is 4.74 Å². The fraction of sp³-hybridized carbons (Fsp3) is 0.476. The highest BCUT2D eigenvalue weighted by atomic mass is 16.5. The summed E-state index contributed by atoms with van der Waals surface area (Å²) in [5.74, 6) is 2.26. The molecule has 1 aliphatic rings. The predicted octanol–water partition coefficient (Wildman–Crippen LogP) is 5.96. The summed E-state index contributed by atoms with van der Waals surface area (Å²) in [7, 11) is 0. The average Bonchev–Trinajstić information content (AvgIpc) is 3.08. The second-order valence-electron chi connectivity index (χ2n) is 6.02. The van der Waals surface area contributed by atoms with Crippen LogP contribution in [0.15, 0.2) is 24.3 Å². The standard InChI is InChI=1S/C21H29O/c1-2-3-4-5-6-7-8-11-18-22-21-16-14-20(15-17-21)19-12-9-10-13-19/h9-10,12-17H,2-8,11,18H2,1H3. The van der Waals surface area contributed by atoms with Gasteiger partial charge in [0.2, 0.25) is 0 Å². The molecule has 1 aromatic carbocycles. The first-order valence-electron chi connectivity index (χ1n) is 8.85. The molecule has 0 amide bonds. The third kappa shape index (κ3) is 6.42. The lowest BCUT2D eigenvalue weighted by atomic mass is 9.98. The Labute approximate surface area is 137 Å². The van der Waals surface area contributed by atoms with Gasteiger partial charge in [-0.25, -0.2) is 0 Å². The molecule has 1 saturated carbocycles. The summed E-state index contributed by atoms with van der Waals surface area (Å²) in [4.78, 5) is 0. The molecule has 119 valence electrons. The molecule has 0 heterocycles. The fourth-order valence-corrected chi connectivity index (χ4v) is 2.74. The molecule has 0 N–H and O–H groups in total. The Bertz CT molecular complexity index is 375. The summed E-state index contributed by atoms with van der Waals surface area (Å²) in [5, 5.41) is 0. The Hall–Kier alpha value is -0.980. The molecule has 1 fully saturated rings. The minimum absolute atomic E-state index is 0.838. The zero-order chi connectivity index (χ0) is 15.5. The van der Waals surface area contributed by atoms with Crippen LogP contribution in [0.4, 0.5) is 0 Å². The second kappa shape index (κ2) is 10.7. The molecule has 0 saturated heterocycles. The van der Waals surface area contributed by atoms with Crippen molar-refractivity contribution < 1.29 is 4.74 Å². The van der Waals surface area contributed by atoms with Gasteiger partial charge in [-0.05, 0) is 49.8 Å². The normalized spacial score (nSPS) is 15.3. The molecule has 0 aliphatic heterocycles. The van der Waals surface area contributed by atoms with Gasteiger partial charge in [0.25, 0.3) is 0 Å². The summed E-state index contributed by atoms with van der Waals surface area (Å²) < 4.78 is 5.82. The van der Waals surface area contributed by atoms with Gasteiger partial charge in [-0.2, -0.15) is 0 Å². The number of hydrogen-bond donors (Lipinski definition) is 0. The average molecular weight is 297 g/mol. The van der Waals surface area contributed by atoms with E-state index in [9.17, 15) is 0 Å². The van der Waals surface area contributed by atoms with Crippen molar-refractivity contribution in [1.82, 2.24) is 0 Å². The minimum atomic E-state index is 0.838. The smallest absolute Gasteiger partial charge is 0.119 e. The van der Waals surface area contributed by atoms with Gasteiger partial charge >= 0.3 is 0 Å². The summed E-state index contributed by atoms with van der Waals surface area (Å²) in [6.07, 6.45) is 19.1. The number of hydrogen-bond acceptors (Lipinski definition) is 1. The minimum Gasteiger partial charge on any atom is -0.494 e. The number of benzene rings is 1. The Balaban J connectivity index is 1.52. The van der Waals surface area contributed by atoms with Gasteiger partial charge in [0.1, 0.15) is 5.75 Å². The molecular formula is C21H29O. The maximum Gasteiger partial charge on any atom is 0.119 e. The van der Waals surface area contributed by atoms with Crippen LogP contribution >= 0.6 is 0 Å². The van der Waals surface area contributed by atoms with Gasteiger partial charge in [-0.1, -0.05) is 64.0 Å². The largest absolute Gasteiger partial charge is 0.494 e. The van der Waals surface area contributed by atoms with Crippen molar-refractivity contribution in [2.45, 2.75) is 58.3 Å². The van der Waals surface area contributed by atoms with Crippen molar-refractivity contribution in [2.75, 3.05) is 6.61 Å². The van der Waals surface area contributed by atoms with Crippen LogP contribution in [0.2, 0.25) is 0 Å². The van der Waals surface area contributed by atoms with E-state index in [0.717, 1.165) is 12.4 Å². The lowest BCUT2D eigenvalue weighted by Crippen LogP contribution is -1.98. The van der Waals surface area contributed by atoms with E-state index in [2.05, 4.69) is 56.9 Å². The molecule has 5 radical (unpaired) electrons. The maximum atomic E-state index is 5.82. The molecule has 0 spiro atoms. The molecule has 1 nitrogen and oxygen atoms in total. The highest BCUT2D eigenvalue weighted by Crippen LogP contribution is 2.30. The summed E-state index contributed by atoms with van der Waals surface area (Å²) >= 11 is 0. The van der Waals surface area contributed by atoms with E-state index in [1.807, 2.05) is 0 Å². The molecular weight excluding hydrogens is 268 g/mol. The lowest BCUT2D eigenvalue weighted by Gasteiger charge is -2.10.